The first kappa shape index (κ1) is 36.5. The van der Waals surface area contributed by atoms with E-state index in [4.69, 9.17) is 4.42 Å². The number of fused-ring (bicyclic) bond motifs is 10. The average molecular weight is 819 g/mol. The first-order chi connectivity index (χ1) is 31.5. The number of para-hydroxylation sites is 3. The monoisotopic (exact) mass is 818 g/mol. The standard InChI is InChI=1S/C61H42N2O/c1-61(2)55-36-44(43-25-32-58-53(35-43)51-16-8-10-18-57(51)63(58)45-14-4-3-5-15-45)24-30-49(55)50-31-28-48(38-56(50)61)62(47-29-33-60-54(37-47)52-17-9-11-19-59(52)64-60)46-26-22-40(23-27-46)42-21-20-39-12-6-7-13-41(39)34-42/h3-38H,1-2H3. The van der Waals surface area contributed by atoms with Crippen LogP contribution >= 0.6 is 0 Å². The van der Waals surface area contributed by atoms with E-state index in [9.17, 15) is 0 Å². The van der Waals surface area contributed by atoms with E-state index in [0.29, 0.717) is 0 Å². The maximum Gasteiger partial charge on any atom is 0.135 e. The fraction of sp³-hybridized carbons (Fsp3) is 0.0492. The van der Waals surface area contributed by atoms with Crippen molar-refractivity contribution in [1.29, 1.82) is 0 Å². The van der Waals surface area contributed by atoms with Gasteiger partial charge in [0.15, 0.2) is 0 Å². The Balaban J connectivity index is 0.908. The van der Waals surface area contributed by atoms with Crippen LogP contribution in [0.4, 0.5) is 17.1 Å². The second-order valence-electron chi connectivity index (χ2n) is 17.8. The van der Waals surface area contributed by atoms with Crippen molar-refractivity contribution >= 4 is 71.6 Å². The molecule has 302 valence electrons. The fourth-order valence-electron chi connectivity index (χ4n) is 10.5. The molecule has 2 heterocycles. The summed E-state index contributed by atoms with van der Waals surface area (Å²) in [6.45, 7) is 4.77. The van der Waals surface area contributed by atoms with Crippen molar-refractivity contribution < 1.29 is 4.42 Å². The summed E-state index contributed by atoms with van der Waals surface area (Å²) >= 11 is 0. The Morgan fingerprint density at radius 3 is 1.81 bits per heavy atom. The molecular formula is C61H42N2O. The fourth-order valence-corrected chi connectivity index (χ4v) is 10.5. The molecular weight excluding hydrogens is 777 g/mol. The van der Waals surface area contributed by atoms with Crippen LogP contribution in [0.3, 0.4) is 0 Å². The Hall–Kier alpha value is -8.14. The highest BCUT2D eigenvalue weighted by atomic mass is 16.3. The normalized spacial score (nSPS) is 13.0. The third-order valence-corrected chi connectivity index (χ3v) is 13.8. The Labute approximate surface area is 371 Å². The molecule has 0 aliphatic heterocycles. The Bertz CT molecular complexity index is 3810. The molecule has 1 aliphatic rings. The number of furan rings is 1. The van der Waals surface area contributed by atoms with Gasteiger partial charge in [0.25, 0.3) is 0 Å². The molecule has 64 heavy (non-hydrogen) atoms. The van der Waals surface area contributed by atoms with Gasteiger partial charge in [0.1, 0.15) is 11.2 Å². The quantitative estimate of drug-likeness (QED) is 0.167. The van der Waals surface area contributed by atoms with E-state index in [1.165, 1.54) is 82.8 Å². The molecule has 0 amide bonds. The van der Waals surface area contributed by atoms with Gasteiger partial charge >= 0.3 is 0 Å². The highest BCUT2D eigenvalue weighted by molar-refractivity contribution is 6.11. The maximum absolute atomic E-state index is 6.30. The third kappa shape index (κ3) is 5.60. The first-order valence-corrected chi connectivity index (χ1v) is 22.2. The second kappa shape index (κ2) is 13.9. The van der Waals surface area contributed by atoms with Crippen molar-refractivity contribution in [3.05, 3.63) is 230 Å². The van der Waals surface area contributed by atoms with Crippen LogP contribution in [0.1, 0.15) is 25.0 Å². The predicted molar refractivity (Wildman–Crippen MR) is 269 cm³/mol. The molecule has 10 aromatic carbocycles. The molecule has 0 bridgehead atoms. The van der Waals surface area contributed by atoms with Gasteiger partial charge in [-0.1, -0.05) is 141 Å². The van der Waals surface area contributed by atoms with E-state index in [1.807, 2.05) is 12.1 Å². The Kier molecular flexibility index (Phi) is 7.95. The van der Waals surface area contributed by atoms with Crippen LogP contribution < -0.4 is 4.90 Å². The minimum atomic E-state index is -0.236. The molecule has 0 spiro atoms. The van der Waals surface area contributed by atoms with Crippen molar-refractivity contribution in [2.75, 3.05) is 4.90 Å². The van der Waals surface area contributed by atoms with Crippen LogP contribution in [-0.4, -0.2) is 4.57 Å². The van der Waals surface area contributed by atoms with Gasteiger partial charge in [-0.15, -0.1) is 0 Å². The third-order valence-electron chi connectivity index (χ3n) is 13.8. The molecule has 3 heteroatoms. The van der Waals surface area contributed by atoms with Gasteiger partial charge in [0.2, 0.25) is 0 Å². The molecule has 12 aromatic rings. The summed E-state index contributed by atoms with van der Waals surface area (Å²) in [7, 11) is 0. The summed E-state index contributed by atoms with van der Waals surface area (Å²) in [6.07, 6.45) is 0. The smallest absolute Gasteiger partial charge is 0.135 e. The zero-order valence-corrected chi connectivity index (χ0v) is 35.6. The van der Waals surface area contributed by atoms with Gasteiger partial charge in [-0.2, -0.15) is 0 Å². The van der Waals surface area contributed by atoms with Crippen LogP contribution in [-0.2, 0) is 5.41 Å². The average Bonchev–Trinajstić information content (AvgIpc) is 3.96. The van der Waals surface area contributed by atoms with Crippen molar-refractivity contribution in [1.82, 2.24) is 4.57 Å². The van der Waals surface area contributed by atoms with Crippen molar-refractivity contribution in [2.45, 2.75) is 19.3 Å². The SMILES string of the molecule is CC1(C)c2cc(-c3ccc4c(c3)c3ccccc3n4-c3ccccc3)ccc2-c2ccc(N(c3ccc(-c4ccc5ccccc5c4)cc3)c3ccc4oc5ccccc5c4c3)cc21. The molecule has 13 rings (SSSR count). The number of nitrogens with zero attached hydrogens (tertiary/aromatic N) is 2. The van der Waals surface area contributed by atoms with Crippen LogP contribution in [0, 0.1) is 0 Å². The van der Waals surface area contributed by atoms with Crippen LogP contribution in [0.25, 0.3) is 93.6 Å². The lowest BCUT2D eigenvalue weighted by molar-refractivity contribution is 0.660. The van der Waals surface area contributed by atoms with Crippen molar-refractivity contribution in [3.8, 4) is 39.1 Å². The summed E-state index contributed by atoms with van der Waals surface area (Å²) in [4.78, 5) is 2.40. The number of hydrogen-bond donors (Lipinski definition) is 0. The molecule has 0 N–H and O–H groups in total. The van der Waals surface area contributed by atoms with Crippen LogP contribution in [0.5, 0.6) is 0 Å². The zero-order valence-electron chi connectivity index (χ0n) is 35.6. The number of aromatic nitrogens is 1. The van der Waals surface area contributed by atoms with E-state index in [1.54, 1.807) is 0 Å². The molecule has 0 atom stereocenters. The summed E-state index contributed by atoms with van der Waals surface area (Å²) in [6, 6.07) is 79.8. The highest BCUT2D eigenvalue weighted by Crippen LogP contribution is 2.52. The summed E-state index contributed by atoms with van der Waals surface area (Å²) in [5, 5.41) is 7.24. The van der Waals surface area contributed by atoms with Crippen LogP contribution in [0.15, 0.2) is 223 Å². The molecule has 0 saturated carbocycles. The topological polar surface area (TPSA) is 21.3 Å². The zero-order chi connectivity index (χ0) is 42.5. The molecule has 3 nitrogen and oxygen atoms in total. The van der Waals surface area contributed by atoms with Gasteiger partial charge in [-0.25, -0.2) is 0 Å². The van der Waals surface area contributed by atoms with Crippen molar-refractivity contribution in [3.63, 3.8) is 0 Å². The van der Waals surface area contributed by atoms with E-state index in [-0.39, 0.29) is 5.41 Å². The number of rotatable bonds is 6. The van der Waals surface area contributed by atoms with E-state index >= 15 is 0 Å². The lowest BCUT2D eigenvalue weighted by Crippen LogP contribution is -2.16. The second-order valence-corrected chi connectivity index (χ2v) is 17.8. The summed E-state index contributed by atoms with van der Waals surface area (Å²) in [5.41, 5.74) is 18.6. The van der Waals surface area contributed by atoms with Gasteiger partial charge in [0, 0.05) is 49.7 Å². The van der Waals surface area contributed by atoms with Gasteiger partial charge in [0.05, 0.1) is 11.0 Å². The molecule has 0 saturated heterocycles. The Morgan fingerprint density at radius 1 is 0.375 bits per heavy atom. The summed E-state index contributed by atoms with van der Waals surface area (Å²) in [5.74, 6) is 0. The summed E-state index contributed by atoms with van der Waals surface area (Å²) < 4.78 is 8.68. The lowest BCUT2D eigenvalue weighted by atomic mass is 9.81. The van der Waals surface area contributed by atoms with Gasteiger partial charge in [-0.3, -0.25) is 0 Å². The first-order valence-electron chi connectivity index (χ1n) is 22.2. The van der Waals surface area contributed by atoms with Gasteiger partial charge in [-0.05, 0) is 146 Å². The molecule has 0 fully saturated rings. The molecule has 0 radical (unpaired) electrons. The van der Waals surface area contributed by atoms with Crippen molar-refractivity contribution in [2.24, 2.45) is 0 Å². The largest absolute Gasteiger partial charge is 0.456 e. The lowest BCUT2D eigenvalue weighted by Gasteiger charge is -2.28. The predicted octanol–water partition coefficient (Wildman–Crippen LogP) is 16.9. The van der Waals surface area contributed by atoms with Gasteiger partial charge < -0.3 is 13.9 Å². The highest BCUT2D eigenvalue weighted by Gasteiger charge is 2.36. The van der Waals surface area contributed by atoms with E-state index in [2.05, 4.69) is 230 Å². The minimum Gasteiger partial charge on any atom is -0.456 e. The molecule has 2 aromatic heterocycles. The maximum atomic E-state index is 6.30. The number of anilines is 3. The molecule has 1 aliphatic carbocycles. The van der Waals surface area contributed by atoms with Crippen LogP contribution in [0.2, 0.25) is 0 Å². The Morgan fingerprint density at radius 2 is 0.953 bits per heavy atom. The number of benzene rings is 10. The van der Waals surface area contributed by atoms with E-state index < -0.39 is 0 Å². The van der Waals surface area contributed by atoms with E-state index in [0.717, 1.165) is 39.0 Å². The number of hydrogen-bond acceptors (Lipinski definition) is 2. The molecule has 0 unspecified atom stereocenters. The minimum absolute atomic E-state index is 0.236.